The molecule has 0 aliphatic carbocycles. The first-order valence-corrected chi connectivity index (χ1v) is 6.86. The van der Waals surface area contributed by atoms with Crippen LogP contribution in [0.4, 0.5) is 0 Å². The van der Waals surface area contributed by atoms with Crippen molar-refractivity contribution in [2.75, 3.05) is 0 Å². The van der Waals surface area contributed by atoms with Gasteiger partial charge < -0.3 is 10.5 Å². The first kappa shape index (κ1) is 14.0. The molecule has 0 aliphatic rings. The van der Waals surface area contributed by atoms with Crippen molar-refractivity contribution in [3.05, 3.63) is 40.1 Å². The van der Waals surface area contributed by atoms with Gasteiger partial charge in [0, 0.05) is 17.6 Å². The van der Waals surface area contributed by atoms with Gasteiger partial charge in [0.05, 0.1) is 6.20 Å². The van der Waals surface area contributed by atoms with Gasteiger partial charge in [-0.2, -0.15) is 0 Å². The number of nitrogens with zero attached hydrogens (tertiary/aromatic N) is 3. The third kappa shape index (κ3) is 4.04. The molecular formula is C13H17BrN4O. The number of hydrogen-bond acceptors (Lipinski definition) is 4. The summed E-state index contributed by atoms with van der Waals surface area (Å²) in [6.07, 6.45) is 2.64. The number of rotatable bonds is 5. The maximum atomic E-state index is 5.83. The van der Waals surface area contributed by atoms with Crippen molar-refractivity contribution in [2.24, 2.45) is 12.8 Å². The fourth-order valence-corrected chi connectivity index (χ4v) is 2.17. The summed E-state index contributed by atoms with van der Waals surface area (Å²) >= 11 is 3.52. The number of nitrogens with two attached hydrogens (primary N) is 1. The van der Waals surface area contributed by atoms with Crippen LogP contribution in [0.25, 0.3) is 0 Å². The molecule has 1 aromatic heterocycles. The number of aromatic nitrogens is 3. The molecular weight excluding hydrogens is 308 g/mol. The molecule has 102 valence electrons. The molecule has 0 fully saturated rings. The summed E-state index contributed by atoms with van der Waals surface area (Å²) < 4.78 is 8.41. The normalized spacial score (nSPS) is 12.4. The van der Waals surface area contributed by atoms with Crippen LogP contribution < -0.4 is 10.5 Å². The molecule has 0 saturated heterocycles. The van der Waals surface area contributed by atoms with Crippen LogP contribution in [0.5, 0.6) is 5.75 Å². The highest BCUT2D eigenvalue weighted by molar-refractivity contribution is 9.10. The van der Waals surface area contributed by atoms with Gasteiger partial charge in [0.15, 0.2) is 0 Å². The van der Waals surface area contributed by atoms with Gasteiger partial charge in [-0.05, 0) is 37.1 Å². The van der Waals surface area contributed by atoms with Gasteiger partial charge in [-0.3, -0.25) is 4.68 Å². The van der Waals surface area contributed by atoms with E-state index >= 15 is 0 Å². The summed E-state index contributed by atoms with van der Waals surface area (Å²) in [5.41, 5.74) is 7.78. The van der Waals surface area contributed by atoms with Crippen LogP contribution in [-0.2, 0) is 20.1 Å². The van der Waals surface area contributed by atoms with Crippen molar-refractivity contribution in [3.8, 4) is 5.75 Å². The number of hydrogen-bond donors (Lipinski definition) is 1. The Morgan fingerprint density at radius 2 is 2.26 bits per heavy atom. The zero-order valence-corrected chi connectivity index (χ0v) is 12.6. The first-order chi connectivity index (χ1) is 9.04. The molecule has 5 nitrogen and oxygen atoms in total. The first-order valence-electron chi connectivity index (χ1n) is 6.06. The second-order valence-electron chi connectivity index (χ2n) is 4.61. The van der Waals surface area contributed by atoms with Crippen molar-refractivity contribution < 1.29 is 4.74 Å². The molecule has 1 atom stereocenters. The van der Waals surface area contributed by atoms with Crippen LogP contribution in [0.3, 0.4) is 0 Å². The second kappa shape index (κ2) is 6.16. The molecule has 0 bridgehead atoms. The van der Waals surface area contributed by atoms with Crippen LogP contribution in [0.2, 0.25) is 0 Å². The molecule has 6 heteroatoms. The highest BCUT2D eigenvalue weighted by Gasteiger charge is 2.06. The largest absolute Gasteiger partial charge is 0.487 e. The van der Waals surface area contributed by atoms with Crippen molar-refractivity contribution >= 4 is 15.9 Å². The molecule has 0 spiro atoms. The number of halogens is 1. The fraction of sp³-hybridized carbons (Fsp3) is 0.385. The van der Waals surface area contributed by atoms with E-state index in [1.807, 2.05) is 38.4 Å². The Morgan fingerprint density at radius 1 is 1.47 bits per heavy atom. The predicted octanol–water partition coefficient (Wildman–Crippen LogP) is 2.05. The standard InChI is InChI=1S/C13H17BrN4O/c1-9(15)5-10-6-12(3-4-13(10)14)19-8-11-7-18(2)17-16-11/h3-4,6-7,9H,5,8,15H2,1-2H3. The minimum Gasteiger partial charge on any atom is -0.487 e. The summed E-state index contributed by atoms with van der Waals surface area (Å²) in [6.45, 7) is 2.40. The molecule has 0 radical (unpaired) electrons. The third-order valence-electron chi connectivity index (χ3n) is 2.60. The molecule has 2 aromatic rings. The zero-order chi connectivity index (χ0) is 13.8. The van der Waals surface area contributed by atoms with E-state index in [4.69, 9.17) is 10.5 Å². The van der Waals surface area contributed by atoms with Crippen molar-refractivity contribution in [1.29, 1.82) is 0 Å². The van der Waals surface area contributed by atoms with Crippen molar-refractivity contribution in [3.63, 3.8) is 0 Å². The van der Waals surface area contributed by atoms with Crippen molar-refractivity contribution in [1.82, 2.24) is 15.0 Å². The Bertz CT molecular complexity index is 553. The molecule has 1 heterocycles. The van der Waals surface area contributed by atoms with Crippen LogP contribution in [0.15, 0.2) is 28.9 Å². The Morgan fingerprint density at radius 3 is 2.89 bits per heavy atom. The van der Waals surface area contributed by atoms with Crippen LogP contribution in [0.1, 0.15) is 18.2 Å². The van der Waals surface area contributed by atoms with Gasteiger partial charge in [-0.25, -0.2) is 0 Å². The van der Waals surface area contributed by atoms with E-state index in [-0.39, 0.29) is 6.04 Å². The quantitative estimate of drug-likeness (QED) is 0.914. The van der Waals surface area contributed by atoms with Gasteiger partial charge in [0.2, 0.25) is 0 Å². The second-order valence-corrected chi connectivity index (χ2v) is 5.46. The molecule has 0 aliphatic heterocycles. The Kier molecular flexibility index (Phi) is 4.55. The number of ether oxygens (including phenoxy) is 1. The topological polar surface area (TPSA) is 66.0 Å². The lowest BCUT2D eigenvalue weighted by Crippen LogP contribution is -2.18. The van der Waals surface area contributed by atoms with Crippen LogP contribution >= 0.6 is 15.9 Å². The lowest BCUT2D eigenvalue weighted by Gasteiger charge is -2.10. The minimum absolute atomic E-state index is 0.117. The maximum Gasteiger partial charge on any atom is 0.134 e. The summed E-state index contributed by atoms with van der Waals surface area (Å²) in [6, 6.07) is 6.02. The van der Waals surface area contributed by atoms with Gasteiger partial charge in [-0.1, -0.05) is 21.1 Å². The highest BCUT2D eigenvalue weighted by atomic mass is 79.9. The zero-order valence-electron chi connectivity index (χ0n) is 11.0. The summed E-state index contributed by atoms with van der Waals surface area (Å²) in [5, 5.41) is 7.84. The molecule has 0 saturated carbocycles. The van der Waals surface area contributed by atoms with Gasteiger partial charge in [0.1, 0.15) is 18.1 Å². The van der Waals surface area contributed by atoms with Crippen molar-refractivity contribution in [2.45, 2.75) is 26.0 Å². The molecule has 19 heavy (non-hydrogen) atoms. The van der Waals surface area contributed by atoms with Gasteiger partial charge >= 0.3 is 0 Å². The third-order valence-corrected chi connectivity index (χ3v) is 3.37. The Balaban J connectivity index is 2.04. The summed E-state index contributed by atoms with van der Waals surface area (Å²) in [7, 11) is 1.83. The van der Waals surface area contributed by atoms with Crippen LogP contribution in [-0.4, -0.2) is 21.0 Å². The van der Waals surface area contributed by atoms with E-state index in [1.165, 1.54) is 0 Å². The average Bonchev–Trinajstić information content (AvgIpc) is 2.75. The smallest absolute Gasteiger partial charge is 0.134 e. The SMILES string of the molecule is CC(N)Cc1cc(OCc2cn(C)nn2)ccc1Br. The van der Waals surface area contributed by atoms with Gasteiger partial charge in [-0.15, -0.1) is 5.10 Å². The van der Waals surface area contributed by atoms with E-state index in [1.54, 1.807) is 4.68 Å². The van der Waals surface area contributed by atoms with Gasteiger partial charge in [0.25, 0.3) is 0 Å². The minimum atomic E-state index is 0.117. The monoisotopic (exact) mass is 324 g/mol. The van der Waals surface area contributed by atoms with E-state index in [2.05, 4.69) is 26.2 Å². The van der Waals surface area contributed by atoms with E-state index in [0.717, 1.165) is 27.9 Å². The van der Waals surface area contributed by atoms with Crippen LogP contribution in [0, 0.1) is 0 Å². The molecule has 1 aromatic carbocycles. The molecule has 1 unspecified atom stereocenters. The maximum absolute atomic E-state index is 5.83. The summed E-state index contributed by atoms with van der Waals surface area (Å²) in [4.78, 5) is 0. The molecule has 0 amide bonds. The number of aryl methyl sites for hydroxylation is 1. The molecule has 2 N–H and O–H groups in total. The Labute approximate surface area is 120 Å². The number of benzene rings is 1. The van der Waals surface area contributed by atoms with E-state index in [9.17, 15) is 0 Å². The highest BCUT2D eigenvalue weighted by Crippen LogP contribution is 2.24. The van der Waals surface area contributed by atoms with E-state index < -0.39 is 0 Å². The molecule has 2 rings (SSSR count). The Hall–Kier alpha value is -1.40. The predicted molar refractivity (Wildman–Crippen MR) is 76.8 cm³/mol. The average molecular weight is 325 g/mol. The summed E-state index contributed by atoms with van der Waals surface area (Å²) in [5.74, 6) is 0.810. The fourth-order valence-electron chi connectivity index (χ4n) is 1.76. The van der Waals surface area contributed by atoms with E-state index in [0.29, 0.717) is 6.61 Å². The lowest BCUT2D eigenvalue weighted by molar-refractivity contribution is 0.300. The lowest BCUT2D eigenvalue weighted by atomic mass is 10.1.